The van der Waals surface area contributed by atoms with Gasteiger partial charge in [-0.25, -0.2) is 5.10 Å². The van der Waals surface area contributed by atoms with Gasteiger partial charge in [0.2, 0.25) is 5.91 Å². The van der Waals surface area contributed by atoms with Crippen LogP contribution in [-0.4, -0.2) is 68.3 Å². The zero-order chi connectivity index (χ0) is 18.2. The van der Waals surface area contributed by atoms with E-state index < -0.39 is 0 Å². The molecule has 0 bridgehead atoms. The second-order valence-corrected chi connectivity index (χ2v) is 6.25. The fraction of sp³-hybridized carbons (Fsp3) is 0.0500. The summed E-state index contributed by atoms with van der Waals surface area (Å²) in [6.07, 6.45) is 0. The number of hydrogen-bond donors (Lipinski definition) is 2. The molecule has 8 heteroatoms. The molecule has 1 amide bonds. The van der Waals surface area contributed by atoms with Crippen LogP contribution in [0.1, 0.15) is 11.1 Å². The van der Waals surface area contributed by atoms with Crippen molar-refractivity contribution in [2.75, 3.05) is 11.9 Å². The van der Waals surface area contributed by atoms with Gasteiger partial charge in [-0.05, 0) is 21.9 Å². The molecule has 0 saturated carbocycles. The molecule has 0 spiro atoms. The van der Waals surface area contributed by atoms with Gasteiger partial charge in [0.05, 0.1) is 11.4 Å². The quantitative estimate of drug-likeness (QED) is 0.525. The number of nitrogens with one attached hydrogen (secondary N) is 2. The molecule has 1 radical (unpaired) electrons. The molecule has 2 N–H and O–H groups in total. The van der Waals surface area contributed by atoms with Gasteiger partial charge in [-0.2, -0.15) is 0 Å². The summed E-state index contributed by atoms with van der Waals surface area (Å²) in [5, 5.41) is 19.1. The molecule has 0 unspecified atom stereocenters. The van der Waals surface area contributed by atoms with Crippen molar-refractivity contribution in [2.24, 2.45) is 4.99 Å². The normalized spacial score (nSPS) is 13.1. The summed E-state index contributed by atoms with van der Waals surface area (Å²) < 4.78 is 0. The van der Waals surface area contributed by atoms with Crippen LogP contribution < -0.4 is 5.32 Å². The molecule has 0 fully saturated rings. The molecular weight excluding hydrogens is 363 g/mol. The number of aromatic amines is 1. The standard InChI is InChI=1S/C20H14N6O.Na/c27-17-11-21-18(13-5-3-6-14(10-13)20-23-25-26-24-20)16-9-8-12-4-1-2-7-15(12)19(16)22-17;/h1-10H,11H2,(H,22,27)(H,23,24,25,26);. The van der Waals surface area contributed by atoms with Crippen LogP contribution in [0.5, 0.6) is 0 Å². The Morgan fingerprint density at radius 1 is 0.929 bits per heavy atom. The van der Waals surface area contributed by atoms with Crippen molar-refractivity contribution >= 4 is 57.6 Å². The molecule has 1 aromatic heterocycles. The van der Waals surface area contributed by atoms with Gasteiger partial charge in [-0.1, -0.05) is 54.6 Å². The van der Waals surface area contributed by atoms with E-state index in [2.05, 4.69) is 30.9 Å². The predicted molar refractivity (Wildman–Crippen MR) is 108 cm³/mol. The topological polar surface area (TPSA) is 95.9 Å². The van der Waals surface area contributed by atoms with Crippen LogP contribution in [0.15, 0.2) is 65.7 Å². The molecule has 2 heterocycles. The SMILES string of the molecule is O=C1CN=C(c2cccc(-c3nnn[nH]3)c2)c2ccc3ccccc3c2N1.[Na]. The van der Waals surface area contributed by atoms with Crippen LogP contribution in [0.3, 0.4) is 0 Å². The summed E-state index contributed by atoms with van der Waals surface area (Å²) in [7, 11) is 0. The number of nitrogens with zero attached hydrogens (tertiary/aromatic N) is 4. The Labute approximate surface area is 182 Å². The molecule has 0 atom stereocenters. The van der Waals surface area contributed by atoms with E-state index in [9.17, 15) is 4.79 Å². The van der Waals surface area contributed by atoms with Gasteiger partial charge < -0.3 is 5.32 Å². The molecule has 28 heavy (non-hydrogen) atoms. The Balaban J connectivity index is 0.00000192. The molecule has 0 aliphatic carbocycles. The van der Waals surface area contributed by atoms with Crippen molar-refractivity contribution in [3.63, 3.8) is 0 Å². The molecule has 3 aromatic carbocycles. The Morgan fingerprint density at radius 3 is 2.64 bits per heavy atom. The maximum Gasteiger partial charge on any atom is 0.246 e. The number of H-pyrrole nitrogens is 1. The number of fused-ring (bicyclic) bond motifs is 3. The minimum absolute atomic E-state index is 0. The minimum atomic E-state index is -0.127. The third kappa shape index (κ3) is 3.24. The number of aliphatic imine (C=N–C) groups is 1. The van der Waals surface area contributed by atoms with Gasteiger partial charge in [0.1, 0.15) is 6.54 Å². The van der Waals surface area contributed by atoms with Crippen molar-refractivity contribution in [3.8, 4) is 11.4 Å². The van der Waals surface area contributed by atoms with Crippen LogP contribution in [0.4, 0.5) is 5.69 Å². The van der Waals surface area contributed by atoms with E-state index in [1.165, 1.54) is 0 Å². The molecule has 1 aliphatic heterocycles. The molecule has 4 aromatic rings. The van der Waals surface area contributed by atoms with Crippen molar-refractivity contribution in [2.45, 2.75) is 0 Å². The molecule has 0 saturated heterocycles. The maximum atomic E-state index is 12.3. The zero-order valence-corrected chi connectivity index (χ0v) is 17.2. The van der Waals surface area contributed by atoms with Crippen LogP contribution in [0.25, 0.3) is 22.2 Å². The van der Waals surface area contributed by atoms with E-state index in [1.54, 1.807) is 0 Å². The van der Waals surface area contributed by atoms with Gasteiger partial charge >= 0.3 is 0 Å². The number of benzene rings is 3. The number of carbonyl (C=O) groups excluding carboxylic acids is 1. The minimum Gasteiger partial charge on any atom is -0.323 e. The van der Waals surface area contributed by atoms with Crippen molar-refractivity contribution in [1.29, 1.82) is 0 Å². The van der Waals surface area contributed by atoms with E-state index in [1.807, 2.05) is 60.7 Å². The number of hydrogen-bond acceptors (Lipinski definition) is 5. The average Bonchev–Trinajstić information content (AvgIpc) is 3.18. The Hall–Kier alpha value is -2.87. The average molecular weight is 377 g/mol. The fourth-order valence-electron chi connectivity index (χ4n) is 3.36. The van der Waals surface area contributed by atoms with Crippen molar-refractivity contribution < 1.29 is 4.79 Å². The number of aromatic nitrogens is 4. The summed E-state index contributed by atoms with van der Waals surface area (Å²) in [4.78, 5) is 16.9. The number of amides is 1. The van der Waals surface area contributed by atoms with Crippen molar-refractivity contribution in [3.05, 3.63) is 71.8 Å². The smallest absolute Gasteiger partial charge is 0.246 e. The number of tetrazole rings is 1. The number of carbonyl (C=O) groups is 1. The van der Waals surface area contributed by atoms with Crippen LogP contribution >= 0.6 is 0 Å². The molecule has 131 valence electrons. The van der Waals surface area contributed by atoms with Crippen LogP contribution in [0, 0.1) is 0 Å². The van der Waals surface area contributed by atoms with E-state index in [4.69, 9.17) is 0 Å². The summed E-state index contributed by atoms with van der Waals surface area (Å²) in [6.45, 7) is 0.0758. The first-order valence-corrected chi connectivity index (χ1v) is 8.50. The Kier molecular flexibility index (Phi) is 5.04. The van der Waals surface area contributed by atoms with E-state index in [-0.39, 0.29) is 42.0 Å². The Morgan fingerprint density at radius 2 is 1.79 bits per heavy atom. The van der Waals surface area contributed by atoms with Crippen LogP contribution in [-0.2, 0) is 4.79 Å². The van der Waals surface area contributed by atoms with Gasteiger partial charge in [-0.15, -0.1) is 5.10 Å². The first-order chi connectivity index (χ1) is 13.3. The van der Waals surface area contributed by atoms with Crippen molar-refractivity contribution in [1.82, 2.24) is 20.6 Å². The van der Waals surface area contributed by atoms with Gasteiger partial charge in [0, 0.05) is 51.6 Å². The van der Waals surface area contributed by atoms with Crippen LogP contribution in [0.2, 0.25) is 0 Å². The summed E-state index contributed by atoms with van der Waals surface area (Å²) in [5.74, 6) is 0.456. The predicted octanol–water partition coefficient (Wildman–Crippen LogP) is 2.43. The van der Waals surface area contributed by atoms with Gasteiger partial charge in [0.25, 0.3) is 0 Å². The Bertz CT molecular complexity index is 1200. The van der Waals surface area contributed by atoms with Gasteiger partial charge in [0.15, 0.2) is 5.82 Å². The van der Waals surface area contributed by atoms with E-state index >= 15 is 0 Å². The molecule has 5 rings (SSSR count). The molecule has 1 aliphatic rings. The van der Waals surface area contributed by atoms with Gasteiger partial charge in [-0.3, -0.25) is 9.79 Å². The first-order valence-electron chi connectivity index (χ1n) is 8.50. The second-order valence-electron chi connectivity index (χ2n) is 6.25. The third-order valence-corrected chi connectivity index (χ3v) is 4.58. The summed E-state index contributed by atoms with van der Waals surface area (Å²) >= 11 is 0. The second kappa shape index (κ2) is 7.63. The first kappa shape index (κ1) is 18.5. The fourth-order valence-corrected chi connectivity index (χ4v) is 3.36. The molecular formula is C20H14N6NaO. The van der Waals surface area contributed by atoms with E-state index in [0.717, 1.165) is 38.9 Å². The summed E-state index contributed by atoms with van der Waals surface area (Å²) in [5.41, 5.74) is 4.21. The maximum absolute atomic E-state index is 12.3. The number of rotatable bonds is 2. The summed E-state index contributed by atoms with van der Waals surface area (Å²) in [6, 6.07) is 19.8. The monoisotopic (exact) mass is 377 g/mol. The van der Waals surface area contributed by atoms with E-state index in [0.29, 0.717) is 5.82 Å². The number of anilines is 1. The largest absolute Gasteiger partial charge is 0.323 e. The zero-order valence-electron chi connectivity index (χ0n) is 15.2. The molecule has 7 nitrogen and oxygen atoms in total. The third-order valence-electron chi connectivity index (χ3n) is 4.58.